The van der Waals surface area contributed by atoms with E-state index in [1.165, 1.54) is 16.5 Å². The number of aryl methyl sites for hydroxylation is 2. The van der Waals surface area contributed by atoms with Gasteiger partial charge in [0.2, 0.25) is 0 Å². The van der Waals surface area contributed by atoms with Crippen LogP contribution in [0.3, 0.4) is 0 Å². The van der Waals surface area contributed by atoms with E-state index in [1.54, 1.807) is 12.1 Å². The molecule has 1 aliphatic carbocycles. The van der Waals surface area contributed by atoms with Crippen molar-refractivity contribution in [3.05, 3.63) is 70.7 Å². The molecule has 3 aromatic rings. The maximum atomic E-state index is 12.8. The van der Waals surface area contributed by atoms with Crippen LogP contribution in [0.5, 0.6) is 5.75 Å². The van der Waals surface area contributed by atoms with E-state index >= 15 is 0 Å². The highest BCUT2D eigenvalue weighted by molar-refractivity contribution is 6.32. The van der Waals surface area contributed by atoms with Gasteiger partial charge in [0.1, 0.15) is 5.75 Å². The monoisotopic (exact) mass is 365 g/mol. The van der Waals surface area contributed by atoms with Gasteiger partial charge in [0, 0.05) is 11.1 Å². The topological polar surface area (TPSA) is 38.3 Å². The maximum absolute atomic E-state index is 12.8. The number of halogens is 1. The minimum absolute atomic E-state index is 0.161. The smallest absolute Gasteiger partial charge is 0.265 e. The van der Waals surface area contributed by atoms with Gasteiger partial charge < -0.3 is 10.1 Å². The predicted molar refractivity (Wildman–Crippen MR) is 106 cm³/mol. The van der Waals surface area contributed by atoms with Crippen LogP contribution in [-0.4, -0.2) is 12.0 Å². The molecule has 0 aliphatic heterocycles. The van der Waals surface area contributed by atoms with E-state index in [0.29, 0.717) is 17.2 Å². The molecule has 1 unspecified atom stereocenters. The first-order chi connectivity index (χ1) is 12.7. The lowest BCUT2D eigenvalue weighted by Crippen LogP contribution is -2.32. The second kappa shape index (κ2) is 7.00. The summed E-state index contributed by atoms with van der Waals surface area (Å²) >= 11 is 6.15. The van der Waals surface area contributed by atoms with E-state index < -0.39 is 6.10 Å². The normalized spacial score (nSPS) is 13.6. The summed E-state index contributed by atoms with van der Waals surface area (Å²) in [6, 6.07) is 17.6. The van der Waals surface area contributed by atoms with Crippen molar-refractivity contribution in [2.45, 2.75) is 32.3 Å². The predicted octanol–water partition coefficient (Wildman–Crippen LogP) is 5.39. The van der Waals surface area contributed by atoms with E-state index in [4.69, 9.17) is 16.3 Å². The summed E-state index contributed by atoms with van der Waals surface area (Å²) in [4.78, 5) is 12.8. The highest BCUT2D eigenvalue weighted by Gasteiger charge is 2.22. The summed E-state index contributed by atoms with van der Waals surface area (Å²) in [7, 11) is 0. The van der Waals surface area contributed by atoms with E-state index in [2.05, 4.69) is 29.6 Å². The summed E-state index contributed by atoms with van der Waals surface area (Å²) in [5.41, 5.74) is 3.54. The molecule has 0 fully saturated rings. The second-order valence-corrected chi connectivity index (χ2v) is 6.95. The number of benzene rings is 3. The van der Waals surface area contributed by atoms with Crippen LogP contribution in [0.15, 0.2) is 54.6 Å². The highest BCUT2D eigenvalue weighted by atomic mass is 35.5. The Morgan fingerprint density at radius 3 is 2.62 bits per heavy atom. The number of hydrogen-bond acceptors (Lipinski definition) is 2. The van der Waals surface area contributed by atoms with Gasteiger partial charge in [-0.15, -0.1) is 0 Å². The van der Waals surface area contributed by atoms with E-state index in [-0.39, 0.29) is 5.91 Å². The minimum atomic E-state index is -0.599. The van der Waals surface area contributed by atoms with Crippen LogP contribution in [0.2, 0.25) is 5.02 Å². The Labute approximate surface area is 157 Å². The van der Waals surface area contributed by atoms with Gasteiger partial charge in [0.15, 0.2) is 6.10 Å². The Hall–Kier alpha value is -2.52. The first-order valence-electron chi connectivity index (χ1n) is 8.93. The quantitative estimate of drug-likeness (QED) is 0.658. The number of carbonyl (C=O) groups is 1. The van der Waals surface area contributed by atoms with Crippen LogP contribution in [0.4, 0.5) is 5.69 Å². The van der Waals surface area contributed by atoms with Gasteiger partial charge in [0.25, 0.3) is 5.91 Å². The van der Waals surface area contributed by atoms with Crippen molar-refractivity contribution in [3.63, 3.8) is 0 Å². The molecular weight excluding hydrogens is 346 g/mol. The van der Waals surface area contributed by atoms with Crippen LogP contribution < -0.4 is 10.1 Å². The number of hydrogen-bond donors (Lipinski definition) is 1. The summed E-state index contributed by atoms with van der Waals surface area (Å²) in [6.07, 6.45) is 2.09. The average molecular weight is 366 g/mol. The molecule has 0 bridgehead atoms. The van der Waals surface area contributed by atoms with Gasteiger partial charge in [-0.25, -0.2) is 0 Å². The average Bonchev–Trinajstić information content (AvgIpc) is 3.08. The number of anilines is 1. The lowest BCUT2D eigenvalue weighted by Gasteiger charge is -2.19. The molecule has 0 aromatic heterocycles. The minimum Gasteiger partial charge on any atom is -0.479 e. The summed E-state index contributed by atoms with van der Waals surface area (Å²) < 4.78 is 5.86. The van der Waals surface area contributed by atoms with Crippen LogP contribution >= 0.6 is 11.6 Å². The zero-order valence-corrected chi connectivity index (χ0v) is 15.3. The summed E-state index contributed by atoms with van der Waals surface area (Å²) in [6.45, 7) is 1.93. The van der Waals surface area contributed by atoms with Crippen molar-refractivity contribution < 1.29 is 9.53 Å². The maximum Gasteiger partial charge on any atom is 0.265 e. The fraction of sp³-hybridized carbons (Fsp3) is 0.227. The van der Waals surface area contributed by atoms with Crippen LogP contribution in [0.25, 0.3) is 10.8 Å². The SMILES string of the molecule is CCC(Oc1ccccc1Cl)C(=O)Nc1ccc2c3c(cccc13)CC2. The Balaban J connectivity index is 1.60. The van der Waals surface area contributed by atoms with Crippen LogP contribution in [-0.2, 0) is 17.6 Å². The molecule has 4 rings (SSSR count). The molecule has 0 saturated carbocycles. The molecule has 3 aromatic carbocycles. The summed E-state index contributed by atoms with van der Waals surface area (Å²) in [5.74, 6) is 0.364. The standard InChI is InChI=1S/C22H20ClNO2/c1-2-19(26-20-9-4-3-8-17(20)23)22(25)24-18-13-12-15-11-10-14-6-5-7-16(18)21(14)15/h3-9,12-13,19H,2,10-11H2,1H3,(H,24,25). The van der Waals surface area contributed by atoms with Crippen molar-refractivity contribution >= 4 is 34.0 Å². The molecule has 0 heterocycles. The van der Waals surface area contributed by atoms with Gasteiger partial charge in [-0.3, -0.25) is 4.79 Å². The Kier molecular flexibility index (Phi) is 4.56. The van der Waals surface area contributed by atoms with Crippen LogP contribution in [0.1, 0.15) is 24.5 Å². The number of nitrogens with one attached hydrogen (secondary N) is 1. The van der Waals surface area contributed by atoms with E-state index in [1.807, 2.05) is 25.1 Å². The van der Waals surface area contributed by atoms with Crippen molar-refractivity contribution in [3.8, 4) is 5.75 Å². The molecule has 0 saturated heterocycles. The first kappa shape index (κ1) is 16.9. The Morgan fingerprint density at radius 1 is 1.08 bits per heavy atom. The molecule has 1 N–H and O–H groups in total. The molecule has 4 heteroatoms. The molecule has 1 atom stereocenters. The van der Waals surface area contributed by atoms with Gasteiger partial charge in [-0.2, -0.15) is 0 Å². The third-order valence-corrected chi connectivity index (χ3v) is 5.22. The second-order valence-electron chi connectivity index (χ2n) is 6.55. The van der Waals surface area contributed by atoms with Gasteiger partial charge in [0.05, 0.1) is 5.02 Å². The third kappa shape index (κ3) is 3.04. The van der Waals surface area contributed by atoms with Crippen molar-refractivity contribution in [1.82, 2.24) is 0 Å². The lowest BCUT2D eigenvalue weighted by molar-refractivity contribution is -0.122. The molecule has 0 radical (unpaired) electrons. The van der Waals surface area contributed by atoms with Gasteiger partial charge >= 0.3 is 0 Å². The Morgan fingerprint density at radius 2 is 1.85 bits per heavy atom. The van der Waals surface area contributed by atoms with E-state index in [9.17, 15) is 4.79 Å². The molecule has 3 nitrogen and oxygen atoms in total. The molecule has 1 aliphatic rings. The fourth-order valence-corrected chi connectivity index (χ4v) is 3.77. The zero-order valence-electron chi connectivity index (χ0n) is 14.6. The van der Waals surface area contributed by atoms with Crippen molar-refractivity contribution in [1.29, 1.82) is 0 Å². The van der Waals surface area contributed by atoms with E-state index in [0.717, 1.165) is 23.9 Å². The lowest BCUT2D eigenvalue weighted by atomic mass is 10.0. The van der Waals surface area contributed by atoms with Gasteiger partial charge in [-0.1, -0.05) is 54.9 Å². The molecule has 1 amide bonds. The fourth-order valence-electron chi connectivity index (χ4n) is 3.58. The summed E-state index contributed by atoms with van der Waals surface area (Å²) in [5, 5.41) is 5.93. The first-order valence-corrected chi connectivity index (χ1v) is 9.30. The number of amides is 1. The molecular formula is C22H20ClNO2. The van der Waals surface area contributed by atoms with Crippen molar-refractivity contribution in [2.24, 2.45) is 0 Å². The number of rotatable bonds is 5. The van der Waals surface area contributed by atoms with Gasteiger partial charge in [-0.05, 0) is 54.0 Å². The van der Waals surface area contributed by atoms with Crippen LogP contribution in [0, 0.1) is 0 Å². The molecule has 0 spiro atoms. The number of para-hydroxylation sites is 1. The Bertz CT molecular complexity index is 973. The number of carbonyl (C=O) groups excluding carboxylic acids is 1. The molecule has 132 valence electrons. The van der Waals surface area contributed by atoms with Crippen molar-refractivity contribution in [2.75, 3.05) is 5.32 Å². The highest BCUT2D eigenvalue weighted by Crippen LogP contribution is 2.35. The molecule has 26 heavy (non-hydrogen) atoms. The zero-order chi connectivity index (χ0) is 18.1. The third-order valence-electron chi connectivity index (χ3n) is 4.90. The largest absolute Gasteiger partial charge is 0.479 e. The number of ether oxygens (including phenoxy) is 1.